The molecule has 2 aromatic heterocycles. The number of oxazole rings is 1. The molecule has 3 aromatic rings. The van der Waals surface area contributed by atoms with E-state index in [1.54, 1.807) is 10.9 Å². The van der Waals surface area contributed by atoms with E-state index >= 15 is 0 Å². The van der Waals surface area contributed by atoms with Gasteiger partial charge in [0.1, 0.15) is 12.5 Å². The first-order valence-electron chi connectivity index (χ1n) is 4.93. The lowest BCUT2D eigenvalue weighted by Gasteiger charge is -2.04. The lowest BCUT2D eigenvalue weighted by molar-refractivity contribution is 0.0895. The van der Waals surface area contributed by atoms with E-state index in [0.29, 0.717) is 12.5 Å². The van der Waals surface area contributed by atoms with Crippen LogP contribution >= 0.6 is 0 Å². The third-order valence-corrected chi connectivity index (χ3v) is 2.29. The second kappa shape index (κ2) is 3.73. The highest BCUT2D eigenvalue weighted by atomic mass is 16.7. The molecule has 2 heterocycles. The van der Waals surface area contributed by atoms with E-state index in [4.69, 9.17) is 9.25 Å². The molecule has 0 bridgehead atoms. The quantitative estimate of drug-likeness (QED) is 0.668. The van der Waals surface area contributed by atoms with E-state index in [1.165, 1.54) is 6.26 Å². The van der Waals surface area contributed by atoms with Crippen LogP contribution in [0.15, 0.2) is 47.2 Å². The molecule has 3 rings (SSSR count). The number of fused-ring (bicyclic) bond motifs is 1. The Labute approximate surface area is 92.0 Å². The van der Waals surface area contributed by atoms with Gasteiger partial charge in [0, 0.05) is 5.39 Å². The summed E-state index contributed by atoms with van der Waals surface area (Å²) in [6.07, 6.45) is 6.12. The van der Waals surface area contributed by atoms with Crippen LogP contribution in [0.1, 0.15) is 5.89 Å². The molecule has 0 atom stereocenters. The molecule has 4 nitrogen and oxygen atoms in total. The average molecular weight is 213 g/mol. The molecule has 0 aliphatic heterocycles. The summed E-state index contributed by atoms with van der Waals surface area (Å²) in [6.45, 7) is 0.294. The number of aromatic nitrogens is 2. The number of benzene rings is 1. The first kappa shape index (κ1) is 9.03. The Morgan fingerprint density at radius 2 is 2.31 bits per heavy atom. The smallest absolute Gasteiger partial charge is 0.234 e. The molecule has 79 valence electrons. The van der Waals surface area contributed by atoms with Crippen molar-refractivity contribution in [3.8, 4) is 0 Å². The average Bonchev–Trinajstić information content (AvgIpc) is 2.96. The van der Waals surface area contributed by atoms with E-state index in [1.807, 2.05) is 30.3 Å². The van der Waals surface area contributed by atoms with Gasteiger partial charge in [0.25, 0.3) is 0 Å². The molecule has 0 amide bonds. The van der Waals surface area contributed by atoms with Crippen molar-refractivity contribution in [2.75, 3.05) is 0 Å². The Kier molecular flexibility index (Phi) is 2.11. The van der Waals surface area contributed by atoms with Crippen LogP contribution in [-0.4, -0.2) is 9.71 Å². The van der Waals surface area contributed by atoms with Gasteiger partial charge in [-0.1, -0.05) is 18.2 Å². The van der Waals surface area contributed by atoms with Gasteiger partial charge in [-0.15, -0.1) is 0 Å². The lowest BCUT2D eigenvalue weighted by atomic mass is 10.3. The summed E-state index contributed by atoms with van der Waals surface area (Å²) in [7, 11) is 0. The van der Waals surface area contributed by atoms with Crippen LogP contribution in [0.5, 0.6) is 0 Å². The molecule has 0 N–H and O–H groups in total. The SMILES string of the molecule is [c]1cc2ccccc2n1OCc1ncco1. The normalized spacial score (nSPS) is 10.8. The van der Waals surface area contributed by atoms with Crippen molar-refractivity contribution in [1.29, 1.82) is 0 Å². The van der Waals surface area contributed by atoms with Gasteiger partial charge >= 0.3 is 0 Å². The van der Waals surface area contributed by atoms with E-state index in [2.05, 4.69) is 11.2 Å². The highest BCUT2D eigenvalue weighted by Gasteiger charge is 2.03. The number of para-hydroxylation sites is 1. The van der Waals surface area contributed by atoms with Crippen LogP contribution in [0.3, 0.4) is 0 Å². The van der Waals surface area contributed by atoms with Crippen molar-refractivity contribution in [3.05, 3.63) is 54.9 Å². The Hall–Kier alpha value is -2.23. The standard InChI is InChI=1S/C12H9N2O2/c1-2-4-11-10(3-1)5-7-14(11)16-9-12-13-6-8-15-12/h1-6,8H,9H2. The zero-order chi connectivity index (χ0) is 10.8. The minimum Gasteiger partial charge on any atom is -0.445 e. The van der Waals surface area contributed by atoms with Crippen molar-refractivity contribution in [2.24, 2.45) is 0 Å². The Bertz CT molecular complexity index is 584. The summed E-state index contributed by atoms with van der Waals surface area (Å²) in [5, 5.41) is 1.09. The van der Waals surface area contributed by atoms with Crippen LogP contribution in [0, 0.1) is 6.20 Å². The topological polar surface area (TPSA) is 40.2 Å². The van der Waals surface area contributed by atoms with E-state index in [0.717, 1.165) is 10.9 Å². The van der Waals surface area contributed by atoms with Crippen molar-refractivity contribution < 1.29 is 9.25 Å². The molecule has 16 heavy (non-hydrogen) atoms. The number of hydrogen-bond acceptors (Lipinski definition) is 3. The van der Waals surface area contributed by atoms with Crippen LogP contribution < -0.4 is 4.84 Å². The summed E-state index contributed by atoms with van der Waals surface area (Å²) in [5.41, 5.74) is 0.981. The first-order chi connectivity index (χ1) is 7.93. The number of nitrogens with zero attached hydrogens (tertiary/aromatic N) is 2. The van der Waals surface area contributed by atoms with Gasteiger partial charge in [-0.2, -0.15) is 4.73 Å². The summed E-state index contributed by atoms with van der Waals surface area (Å²) in [6, 6.07) is 9.80. The Morgan fingerprint density at radius 3 is 3.19 bits per heavy atom. The van der Waals surface area contributed by atoms with Gasteiger partial charge in [-0.3, -0.25) is 0 Å². The zero-order valence-electron chi connectivity index (χ0n) is 8.46. The molecule has 0 fully saturated rings. The van der Waals surface area contributed by atoms with Crippen molar-refractivity contribution in [3.63, 3.8) is 0 Å². The zero-order valence-corrected chi connectivity index (χ0v) is 8.46. The molecule has 0 aliphatic carbocycles. The molecular weight excluding hydrogens is 204 g/mol. The molecule has 0 saturated carbocycles. The van der Waals surface area contributed by atoms with E-state index in [9.17, 15) is 0 Å². The largest absolute Gasteiger partial charge is 0.445 e. The second-order valence-corrected chi connectivity index (χ2v) is 3.33. The van der Waals surface area contributed by atoms with Crippen LogP contribution in [0.2, 0.25) is 0 Å². The van der Waals surface area contributed by atoms with Gasteiger partial charge in [-0.05, 0) is 12.1 Å². The molecule has 1 aromatic carbocycles. The van der Waals surface area contributed by atoms with Gasteiger partial charge in [0.15, 0.2) is 6.61 Å². The second-order valence-electron chi connectivity index (χ2n) is 3.33. The first-order valence-corrected chi connectivity index (χ1v) is 4.93. The molecule has 0 saturated heterocycles. The monoisotopic (exact) mass is 213 g/mol. The highest BCUT2D eigenvalue weighted by molar-refractivity contribution is 5.79. The molecule has 0 aliphatic rings. The maximum absolute atomic E-state index is 5.51. The maximum Gasteiger partial charge on any atom is 0.234 e. The summed E-state index contributed by atoms with van der Waals surface area (Å²) < 4.78 is 6.68. The minimum absolute atomic E-state index is 0.294. The Balaban J connectivity index is 1.84. The minimum atomic E-state index is 0.294. The summed E-state index contributed by atoms with van der Waals surface area (Å²) in [5.74, 6) is 0.547. The molecule has 1 radical (unpaired) electrons. The highest BCUT2D eigenvalue weighted by Crippen LogP contribution is 2.13. The van der Waals surface area contributed by atoms with Gasteiger partial charge in [0.2, 0.25) is 5.89 Å². The van der Waals surface area contributed by atoms with Gasteiger partial charge in [0.05, 0.1) is 11.7 Å². The van der Waals surface area contributed by atoms with Gasteiger partial charge in [-0.25, -0.2) is 4.98 Å². The lowest BCUT2D eigenvalue weighted by Crippen LogP contribution is -2.09. The van der Waals surface area contributed by atoms with Crippen LogP contribution in [-0.2, 0) is 6.61 Å². The predicted octanol–water partition coefficient (Wildman–Crippen LogP) is 2.06. The molecular formula is C12H9N2O2. The summed E-state index contributed by atoms with van der Waals surface area (Å²) in [4.78, 5) is 9.49. The fraction of sp³-hybridized carbons (Fsp3) is 0.0833. The van der Waals surface area contributed by atoms with Crippen LogP contribution in [0.25, 0.3) is 10.9 Å². The van der Waals surface area contributed by atoms with E-state index < -0.39 is 0 Å². The third-order valence-electron chi connectivity index (χ3n) is 2.29. The van der Waals surface area contributed by atoms with E-state index in [-0.39, 0.29) is 0 Å². The number of rotatable bonds is 3. The third kappa shape index (κ3) is 1.54. The molecule has 0 spiro atoms. The fourth-order valence-corrected chi connectivity index (χ4v) is 1.54. The summed E-state index contributed by atoms with van der Waals surface area (Å²) >= 11 is 0. The van der Waals surface area contributed by atoms with Crippen molar-refractivity contribution in [1.82, 2.24) is 9.71 Å². The number of hydrogen-bond donors (Lipinski definition) is 0. The van der Waals surface area contributed by atoms with Crippen LogP contribution in [0.4, 0.5) is 0 Å². The maximum atomic E-state index is 5.51. The van der Waals surface area contributed by atoms with Crippen molar-refractivity contribution in [2.45, 2.75) is 6.61 Å². The molecule has 4 heteroatoms. The predicted molar refractivity (Wildman–Crippen MR) is 57.6 cm³/mol. The Morgan fingerprint density at radius 1 is 1.38 bits per heavy atom. The fourth-order valence-electron chi connectivity index (χ4n) is 1.54. The van der Waals surface area contributed by atoms with Crippen molar-refractivity contribution >= 4 is 10.9 Å². The van der Waals surface area contributed by atoms with Gasteiger partial charge < -0.3 is 9.25 Å². The molecule has 0 unspecified atom stereocenters.